The number of aryl methyl sites for hydroxylation is 1. The molecule has 7 heteroatoms. The van der Waals surface area contributed by atoms with Gasteiger partial charge in [0.25, 0.3) is 5.91 Å². The number of carbonyl (C=O) groups excluding carboxylic acids is 2. The van der Waals surface area contributed by atoms with Crippen molar-refractivity contribution in [2.24, 2.45) is 0 Å². The first-order chi connectivity index (χ1) is 15.2. The van der Waals surface area contributed by atoms with E-state index >= 15 is 0 Å². The molecule has 0 radical (unpaired) electrons. The molecule has 0 aliphatic rings. The highest BCUT2D eigenvalue weighted by Gasteiger charge is 2.10. The molecule has 2 amide bonds. The number of amides is 2. The lowest BCUT2D eigenvalue weighted by Gasteiger charge is -2.08. The van der Waals surface area contributed by atoms with E-state index in [0.717, 1.165) is 16.8 Å². The second kappa shape index (κ2) is 9.58. The van der Waals surface area contributed by atoms with Gasteiger partial charge < -0.3 is 9.15 Å². The molecule has 1 aromatic heterocycles. The highest BCUT2D eigenvalue weighted by atomic mass is 16.5. The Morgan fingerprint density at radius 2 is 1.61 bits per heavy atom. The third kappa shape index (κ3) is 5.48. The maximum atomic E-state index is 12.2. The van der Waals surface area contributed by atoms with Crippen molar-refractivity contribution in [1.29, 1.82) is 0 Å². The van der Waals surface area contributed by atoms with E-state index in [4.69, 9.17) is 9.15 Å². The summed E-state index contributed by atoms with van der Waals surface area (Å²) in [5, 5.41) is 0. The zero-order valence-electron chi connectivity index (χ0n) is 16.7. The number of nitrogens with zero attached hydrogens (tertiary/aromatic N) is 1. The molecule has 0 fully saturated rings. The van der Waals surface area contributed by atoms with E-state index in [9.17, 15) is 9.59 Å². The summed E-state index contributed by atoms with van der Waals surface area (Å²) in [5.74, 6) is 0.537. The SMILES string of the molecule is O=C(CCc1nc2ccccc2o1)NNC(=O)c1ccc(COc2ccccc2)cc1. The van der Waals surface area contributed by atoms with E-state index in [2.05, 4.69) is 15.8 Å². The standard InChI is InChI=1S/C24H21N3O4/c28-22(14-15-23-25-20-8-4-5-9-21(20)31-23)26-27-24(29)18-12-10-17(11-13-18)16-30-19-6-2-1-3-7-19/h1-13H,14-16H2,(H,26,28)(H,27,29). The molecule has 0 spiro atoms. The maximum Gasteiger partial charge on any atom is 0.269 e. The van der Waals surface area contributed by atoms with Crippen LogP contribution in [0.4, 0.5) is 0 Å². The summed E-state index contributed by atoms with van der Waals surface area (Å²) in [6, 6.07) is 23.9. The molecular formula is C24H21N3O4. The Kier molecular flexibility index (Phi) is 6.23. The predicted molar refractivity (Wildman–Crippen MR) is 115 cm³/mol. The minimum atomic E-state index is -0.397. The highest BCUT2D eigenvalue weighted by Crippen LogP contribution is 2.15. The Hall–Kier alpha value is -4.13. The van der Waals surface area contributed by atoms with Crippen LogP contribution in [0.2, 0.25) is 0 Å². The molecule has 7 nitrogen and oxygen atoms in total. The molecule has 0 bridgehead atoms. The normalized spacial score (nSPS) is 10.6. The largest absolute Gasteiger partial charge is 0.489 e. The van der Waals surface area contributed by atoms with Crippen molar-refractivity contribution < 1.29 is 18.7 Å². The van der Waals surface area contributed by atoms with E-state index in [1.807, 2.05) is 66.7 Å². The van der Waals surface area contributed by atoms with Gasteiger partial charge in [-0.15, -0.1) is 0 Å². The molecule has 3 aromatic carbocycles. The Labute approximate surface area is 179 Å². The smallest absolute Gasteiger partial charge is 0.269 e. The van der Waals surface area contributed by atoms with Crippen molar-refractivity contribution in [3.05, 3.63) is 95.9 Å². The van der Waals surface area contributed by atoms with Crippen LogP contribution in [0.15, 0.2) is 83.3 Å². The van der Waals surface area contributed by atoms with Crippen molar-refractivity contribution in [1.82, 2.24) is 15.8 Å². The molecule has 156 valence electrons. The number of ether oxygens (including phenoxy) is 1. The number of fused-ring (bicyclic) bond motifs is 1. The Balaban J connectivity index is 1.22. The fourth-order valence-corrected chi connectivity index (χ4v) is 2.94. The van der Waals surface area contributed by atoms with Crippen molar-refractivity contribution >= 4 is 22.9 Å². The molecule has 0 aliphatic carbocycles. The predicted octanol–water partition coefficient (Wildman–Crippen LogP) is 3.80. The number of carbonyl (C=O) groups is 2. The molecule has 4 rings (SSSR count). The van der Waals surface area contributed by atoms with Crippen LogP contribution >= 0.6 is 0 Å². The van der Waals surface area contributed by atoms with Crippen LogP contribution in [0, 0.1) is 0 Å². The van der Waals surface area contributed by atoms with Gasteiger partial charge in [-0.25, -0.2) is 4.98 Å². The fourth-order valence-electron chi connectivity index (χ4n) is 2.94. The number of hydrogen-bond acceptors (Lipinski definition) is 5. The topological polar surface area (TPSA) is 93.5 Å². The summed E-state index contributed by atoms with van der Waals surface area (Å²) in [6.45, 7) is 0.401. The summed E-state index contributed by atoms with van der Waals surface area (Å²) in [4.78, 5) is 28.6. The molecule has 0 aliphatic heterocycles. The Morgan fingerprint density at radius 3 is 2.39 bits per heavy atom. The Bertz CT molecular complexity index is 1140. The van der Waals surface area contributed by atoms with E-state index in [-0.39, 0.29) is 12.3 Å². The van der Waals surface area contributed by atoms with E-state index < -0.39 is 5.91 Å². The van der Waals surface area contributed by atoms with Gasteiger partial charge in [0.1, 0.15) is 17.9 Å². The first-order valence-electron chi connectivity index (χ1n) is 9.88. The summed E-state index contributed by atoms with van der Waals surface area (Å²) in [7, 11) is 0. The third-order valence-corrected chi connectivity index (χ3v) is 4.58. The van der Waals surface area contributed by atoms with Gasteiger partial charge in [-0.2, -0.15) is 0 Å². The number of para-hydroxylation sites is 3. The van der Waals surface area contributed by atoms with Gasteiger partial charge >= 0.3 is 0 Å². The van der Waals surface area contributed by atoms with Gasteiger partial charge in [-0.3, -0.25) is 20.4 Å². The molecule has 0 unspecified atom stereocenters. The first kappa shape index (κ1) is 20.2. The third-order valence-electron chi connectivity index (χ3n) is 4.58. The van der Waals surface area contributed by atoms with Gasteiger partial charge in [-0.1, -0.05) is 42.5 Å². The average Bonchev–Trinajstić information content (AvgIpc) is 3.24. The second-order valence-electron chi connectivity index (χ2n) is 6.88. The van der Waals surface area contributed by atoms with Gasteiger partial charge in [0.15, 0.2) is 11.5 Å². The van der Waals surface area contributed by atoms with E-state index in [1.54, 1.807) is 12.1 Å². The summed E-state index contributed by atoms with van der Waals surface area (Å²) >= 11 is 0. The number of oxazole rings is 1. The van der Waals surface area contributed by atoms with Crippen LogP contribution < -0.4 is 15.6 Å². The zero-order valence-corrected chi connectivity index (χ0v) is 16.7. The summed E-state index contributed by atoms with van der Waals surface area (Å²) in [6.07, 6.45) is 0.482. The molecule has 0 saturated heterocycles. The summed E-state index contributed by atoms with van der Waals surface area (Å²) in [5.41, 5.74) is 7.64. The van der Waals surface area contributed by atoms with Gasteiger partial charge in [0, 0.05) is 18.4 Å². The fraction of sp³-hybridized carbons (Fsp3) is 0.125. The van der Waals surface area contributed by atoms with Crippen LogP contribution in [0.25, 0.3) is 11.1 Å². The highest BCUT2D eigenvalue weighted by molar-refractivity contribution is 5.95. The lowest BCUT2D eigenvalue weighted by atomic mass is 10.1. The number of aromatic nitrogens is 1. The van der Waals surface area contributed by atoms with Crippen LogP contribution in [0.3, 0.4) is 0 Å². The quantitative estimate of drug-likeness (QED) is 0.448. The van der Waals surface area contributed by atoms with Crippen molar-refractivity contribution in [3.8, 4) is 5.75 Å². The number of hydrazine groups is 1. The zero-order chi connectivity index (χ0) is 21.5. The number of nitrogens with one attached hydrogen (secondary N) is 2. The van der Waals surface area contributed by atoms with E-state index in [1.165, 1.54) is 0 Å². The average molecular weight is 415 g/mol. The maximum absolute atomic E-state index is 12.2. The molecule has 4 aromatic rings. The Morgan fingerprint density at radius 1 is 0.871 bits per heavy atom. The van der Waals surface area contributed by atoms with Gasteiger partial charge in [0.05, 0.1) is 0 Å². The lowest BCUT2D eigenvalue weighted by Crippen LogP contribution is -2.41. The molecule has 31 heavy (non-hydrogen) atoms. The molecule has 1 heterocycles. The molecule has 0 saturated carbocycles. The number of benzene rings is 3. The minimum Gasteiger partial charge on any atom is -0.489 e. The van der Waals surface area contributed by atoms with Gasteiger partial charge in [-0.05, 0) is 42.0 Å². The van der Waals surface area contributed by atoms with Crippen LogP contribution in [-0.2, 0) is 17.8 Å². The molecule has 2 N–H and O–H groups in total. The minimum absolute atomic E-state index is 0.142. The lowest BCUT2D eigenvalue weighted by molar-refractivity contribution is -0.121. The summed E-state index contributed by atoms with van der Waals surface area (Å²) < 4.78 is 11.3. The first-order valence-corrected chi connectivity index (χ1v) is 9.88. The van der Waals surface area contributed by atoms with Gasteiger partial charge in [0.2, 0.25) is 5.91 Å². The van der Waals surface area contributed by atoms with E-state index in [0.29, 0.717) is 30.1 Å². The number of hydrogen-bond donors (Lipinski definition) is 2. The van der Waals surface area contributed by atoms with Crippen molar-refractivity contribution in [3.63, 3.8) is 0 Å². The monoisotopic (exact) mass is 415 g/mol. The second-order valence-corrected chi connectivity index (χ2v) is 6.88. The van der Waals surface area contributed by atoms with Crippen LogP contribution in [0.5, 0.6) is 5.75 Å². The molecule has 0 atom stereocenters. The molecular weight excluding hydrogens is 394 g/mol. The number of rotatable bonds is 7. The van der Waals surface area contributed by atoms with Crippen LogP contribution in [0.1, 0.15) is 28.2 Å². The van der Waals surface area contributed by atoms with Crippen molar-refractivity contribution in [2.75, 3.05) is 0 Å². The van der Waals surface area contributed by atoms with Crippen molar-refractivity contribution in [2.45, 2.75) is 19.4 Å². The van der Waals surface area contributed by atoms with Crippen LogP contribution in [-0.4, -0.2) is 16.8 Å².